The summed E-state index contributed by atoms with van der Waals surface area (Å²) in [6.45, 7) is 2.43. The van der Waals surface area contributed by atoms with Gasteiger partial charge >= 0.3 is 6.18 Å². The number of rotatable bonds is 3. The molecule has 0 unspecified atom stereocenters. The van der Waals surface area contributed by atoms with Gasteiger partial charge in [0.1, 0.15) is 0 Å². The Morgan fingerprint density at radius 1 is 1.15 bits per heavy atom. The third kappa shape index (κ3) is 3.56. The number of nitrogens with one attached hydrogen (secondary N) is 1. The number of anilines is 2. The summed E-state index contributed by atoms with van der Waals surface area (Å²) < 4.78 is 39.3. The molecule has 136 valence electrons. The van der Waals surface area contributed by atoms with Gasteiger partial charge in [-0.2, -0.15) is 13.2 Å². The highest BCUT2D eigenvalue weighted by molar-refractivity contribution is 6.06. The normalized spacial score (nSPS) is 14.6. The van der Waals surface area contributed by atoms with Crippen molar-refractivity contribution in [1.29, 1.82) is 0 Å². The van der Waals surface area contributed by atoms with E-state index in [-0.39, 0.29) is 5.91 Å². The van der Waals surface area contributed by atoms with Crippen molar-refractivity contribution in [2.24, 2.45) is 0 Å². The van der Waals surface area contributed by atoms with E-state index in [1.807, 2.05) is 6.92 Å². The Bertz CT molecular complexity index is 862. The van der Waals surface area contributed by atoms with E-state index in [0.717, 1.165) is 24.1 Å². The fourth-order valence-electron chi connectivity index (χ4n) is 3.01. The van der Waals surface area contributed by atoms with Crippen LogP contribution in [0.5, 0.6) is 0 Å². The molecule has 1 saturated heterocycles. The van der Waals surface area contributed by atoms with E-state index in [1.54, 1.807) is 23.1 Å². The van der Waals surface area contributed by atoms with Crippen molar-refractivity contribution >= 4 is 23.2 Å². The Hall–Kier alpha value is -2.83. The van der Waals surface area contributed by atoms with Crippen molar-refractivity contribution in [3.05, 3.63) is 59.2 Å². The van der Waals surface area contributed by atoms with Crippen LogP contribution >= 0.6 is 0 Å². The number of hydrogen-bond acceptors (Lipinski definition) is 2. The first-order valence-corrected chi connectivity index (χ1v) is 8.16. The summed E-state index contributed by atoms with van der Waals surface area (Å²) in [5, 5.41) is 2.50. The average Bonchev–Trinajstić information content (AvgIpc) is 3.01. The predicted molar refractivity (Wildman–Crippen MR) is 92.2 cm³/mol. The minimum atomic E-state index is -4.62. The van der Waals surface area contributed by atoms with Crippen LogP contribution in [0.4, 0.5) is 24.5 Å². The second kappa shape index (κ2) is 6.82. The molecule has 1 heterocycles. The zero-order valence-corrected chi connectivity index (χ0v) is 14.1. The second-order valence-electron chi connectivity index (χ2n) is 6.15. The minimum Gasteiger partial charge on any atom is -0.322 e. The number of alkyl halides is 3. The fourth-order valence-corrected chi connectivity index (χ4v) is 3.01. The Labute approximate surface area is 148 Å². The molecule has 0 saturated carbocycles. The molecule has 7 heteroatoms. The quantitative estimate of drug-likeness (QED) is 0.880. The summed E-state index contributed by atoms with van der Waals surface area (Å²) in [4.78, 5) is 26.0. The molecule has 3 rings (SSSR count). The first kappa shape index (κ1) is 18.0. The number of hydrogen-bond donors (Lipinski definition) is 1. The van der Waals surface area contributed by atoms with Gasteiger partial charge in [-0.1, -0.05) is 18.2 Å². The molecule has 4 nitrogen and oxygen atoms in total. The van der Waals surface area contributed by atoms with Crippen LogP contribution in [0.3, 0.4) is 0 Å². The van der Waals surface area contributed by atoms with E-state index >= 15 is 0 Å². The lowest BCUT2D eigenvalue weighted by Gasteiger charge is -2.20. The molecule has 0 aromatic heterocycles. The lowest BCUT2D eigenvalue weighted by atomic mass is 10.1. The average molecular weight is 362 g/mol. The third-order valence-corrected chi connectivity index (χ3v) is 4.31. The maximum atomic E-state index is 13.1. The zero-order valence-electron chi connectivity index (χ0n) is 14.1. The molecule has 2 aromatic rings. The van der Waals surface area contributed by atoms with Crippen LogP contribution < -0.4 is 10.2 Å². The monoisotopic (exact) mass is 362 g/mol. The summed E-state index contributed by atoms with van der Waals surface area (Å²) in [6, 6.07) is 9.58. The van der Waals surface area contributed by atoms with E-state index in [2.05, 4.69) is 5.32 Å². The molecule has 0 radical (unpaired) electrons. The van der Waals surface area contributed by atoms with E-state index in [4.69, 9.17) is 0 Å². The van der Waals surface area contributed by atoms with Gasteiger partial charge in [-0.05, 0) is 43.2 Å². The van der Waals surface area contributed by atoms with E-state index in [1.165, 1.54) is 12.1 Å². The number of carbonyl (C=O) groups excluding carboxylic acids is 2. The maximum Gasteiger partial charge on any atom is 0.417 e. The molecule has 0 spiro atoms. The fraction of sp³-hybridized carbons (Fsp3) is 0.263. The van der Waals surface area contributed by atoms with Gasteiger partial charge in [-0.3, -0.25) is 9.59 Å². The molecule has 1 aliphatic heterocycles. The molecule has 1 N–H and O–H groups in total. The zero-order chi connectivity index (χ0) is 18.9. The molecule has 0 bridgehead atoms. The highest BCUT2D eigenvalue weighted by Gasteiger charge is 2.34. The van der Waals surface area contributed by atoms with Crippen molar-refractivity contribution < 1.29 is 22.8 Å². The van der Waals surface area contributed by atoms with Crippen molar-refractivity contribution in [3.8, 4) is 0 Å². The van der Waals surface area contributed by atoms with Gasteiger partial charge in [0.15, 0.2) is 0 Å². The topological polar surface area (TPSA) is 49.4 Å². The van der Waals surface area contributed by atoms with Gasteiger partial charge in [0.25, 0.3) is 5.91 Å². The largest absolute Gasteiger partial charge is 0.417 e. The highest BCUT2D eigenvalue weighted by Crippen LogP contribution is 2.33. The Kier molecular flexibility index (Phi) is 4.71. The number of benzene rings is 2. The van der Waals surface area contributed by atoms with Crippen molar-refractivity contribution in [2.75, 3.05) is 16.8 Å². The molecule has 0 atom stereocenters. The van der Waals surface area contributed by atoms with Crippen molar-refractivity contribution in [1.82, 2.24) is 0 Å². The number of aryl methyl sites for hydroxylation is 1. The van der Waals surface area contributed by atoms with E-state index in [0.29, 0.717) is 24.3 Å². The summed E-state index contributed by atoms with van der Waals surface area (Å²) >= 11 is 0. The Balaban J connectivity index is 1.88. The van der Waals surface area contributed by atoms with Crippen LogP contribution in [0.2, 0.25) is 0 Å². The third-order valence-electron chi connectivity index (χ3n) is 4.31. The van der Waals surface area contributed by atoms with Crippen molar-refractivity contribution in [3.63, 3.8) is 0 Å². The lowest BCUT2D eigenvalue weighted by Crippen LogP contribution is -2.25. The van der Waals surface area contributed by atoms with Crippen LogP contribution in [-0.2, 0) is 11.0 Å². The van der Waals surface area contributed by atoms with Gasteiger partial charge in [-0.15, -0.1) is 0 Å². The molecule has 2 aromatic carbocycles. The standard InChI is InChI=1S/C19H17F3N2O2/c1-12-8-9-13(11-16(12)24-10-4-7-17(24)25)23-18(26)14-5-2-3-6-15(14)19(20,21)22/h2-3,5-6,8-9,11H,4,7,10H2,1H3,(H,23,26). The smallest absolute Gasteiger partial charge is 0.322 e. The highest BCUT2D eigenvalue weighted by atomic mass is 19.4. The van der Waals surface area contributed by atoms with Gasteiger partial charge < -0.3 is 10.2 Å². The van der Waals surface area contributed by atoms with E-state index in [9.17, 15) is 22.8 Å². The first-order chi connectivity index (χ1) is 12.3. The van der Waals surface area contributed by atoms with Crippen LogP contribution in [0.15, 0.2) is 42.5 Å². The Morgan fingerprint density at radius 3 is 2.54 bits per heavy atom. The second-order valence-corrected chi connectivity index (χ2v) is 6.15. The minimum absolute atomic E-state index is 0.000932. The summed E-state index contributed by atoms with van der Waals surface area (Å²) in [7, 11) is 0. The van der Waals surface area contributed by atoms with Crippen LogP contribution in [-0.4, -0.2) is 18.4 Å². The molecule has 2 amide bonds. The molecule has 1 aliphatic rings. The molecule has 1 fully saturated rings. The van der Waals surface area contributed by atoms with Gasteiger partial charge in [0, 0.05) is 24.3 Å². The summed E-state index contributed by atoms with van der Waals surface area (Å²) in [5.74, 6) is -0.848. The van der Waals surface area contributed by atoms with E-state index < -0.39 is 23.2 Å². The first-order valence-electron chi connectivity index (χ1n) is 8.16. The predicted octanol–water partition coefficient (Wildman–Crippen LogP) is 4.39. The molecular formula is C19H17F3N2O2. The number of halogens is 3. The maximum absolute atomic E-state index is 13.1. The molecular weight excluding hydrogens is 345 g/mol. The van der Waals surface area contributed by atoms with Crippen LogP contribution in [0.1, 0.15) is 34.3 Å². The van der Waals surface area contributed by atoms with Crippen LogP contribution in [0.25, 0.3) is 0 Å². The summed E-state index contributed by atoms with van der Waals surface area (Å²) in [6.07, 6.45) is -3.39. The van der Waals surface area contributed by atoms with Gasteiger partial charge in [-0.25, -0.2) is 0 Å². The Morgan fingerprint density at radius 2 is 1.88 bits per heavy atom. The van der Waals surface area contributed by atoms with Crippen LogP contribution in [0, 0.1) is 6.92 Å². The number of amides is 2. The van der Waals surface area contributed by atoms with Crippen molar-refractivity contribution in [2.45, 2.75) is 25.9 Å². The SMILES string of the molecule is Cc1ccc(NC(=O)c2ccccc2C(F)(F)F)cc1N1CCCC1=O. The van der Waals surface area contributed by atoms with Gasteiger partial charge in [0.2, 0.25) is 5.91 Å². The van der Waals surface area contributed by atoms with Gasteiger partial charge in [0.05, 0.1) is 11.1 Å². The number of nitrogens with zero attached hydrogens (tertiary/aromatic N) is 1. The lowest BCUT2D eigenvalue weighted by molar-refractivity contribution is -0.137. The summed E-state index contributed by atoms with van der Waals surface area (Å²) in [5.41, 5.74) is 0.426. The molecule has 0 aliphatic carbocycles. The number of carbonyl (C=O) groups is 2. The molecule has 26 heavy (non-hydrogen) atoms.